The summed E-state index contributed by atoms with van der Waals surface area (Å²) < 4.78 is 5.68. The Morgan fingerprint density at radius 2 is 1.45 bits per heavy atom. The molecule has 0 unspecified atom stereocenters. The van der Waals surface area contributed by atoms with E-state index in [1.54, 1.807) is 24.3 Å². The molecule has 0 atom stereocenters. The Bertz CT molecular complexity index is 1150. The summed E-state index contributed by atoms with van der Waals surface area (Å²) in [5.74, 6) is -0.0539. The third kappa shape index (κ3) is 4.08. The highest BCUT2D eigenvalue weighted by Crippen LogP contribution is 2.34. The molecular weight excluding hydrogens is 388 g/mol. The van der Waals surface area contributed by atoms with Crippen LogP contribution in [0.4, 0.5) is 11.4 Å². The van der Waals surface area contributed by atoms with E-state index in [4.69, 9.17) is 4.74 Å². The van der Waals surface area contributed by atoms with Gasteiger partial charge in [0, 0.05) is 5.69 Å². The molecule has 156 valence electrons. The first kappa shape index (κ1) is 20.4. The molecule has 1 aliphatic heterocycles. The first-order valence-corrected chi connectivity index (χ1v) is 10.2. The van der Waals surface area contributed by atoms with Crippen molar-refractivity contribution < 1.29 is 14.3 Å². The van der Waals surface area contributed by atoms with Crippen LogP contribution in [0.2, 0.25) is 0 Å². The molecule has 1 aliphatic rings. The van der Waals surface area contributed by atoms with Crippen molar-refractivity contribution in [2.24, 2.45) is 0 Å². The first-order chi connectivity index (χ1) is 15.0. The number of nitrogens with one attached hydrogen (secondary N) is 1. The zero-order chi connectivity index (χ0) is 22.0. The molecule has 31 heavy (non-hydrogen) atoms. The fourth-order valence-electron chi connectivity index (χ4n) is 3.55. The van der Waals surface area contributed by atoms with Crippen LogP contribution in [0.1, 0.15) is 25.0 Å². The number of amides is 2. The van der Waals surface area contributed by atoms with E-state index in [1.807, 2.05) is 75.4 Å². The van der Waals surface area contributed by atoms with Crippen LogP contribution in [0.3, 0.4) is 0 Å². The number of hydrogen-bond acceptors (Lipinski definition) is 4. The van der Waals surface area contributed by atoms with E-state index < -0.39 is 0 Å². The summed E-state index contributed by atoms with van der Waals surface area (Å²) in [6.07, 6.45) is 0.0390. The van der Waals surface area contributed by atoms with E-state index >= 15 is 0 Å². The SMILES string of the molecule is Cc1ccccc1NC1=C(c2ccccc2)C(=O)N(c2ccc(OC(C)C)cc2)C1=O. The smallest absolute Gasteiger partial charge is 0.282 e. The Balaban J connectivity index is 1.74. The van der Waals surface area contributed by atoms with Crippen molar-refractivity contribution in [3.8, 4) is 5.75 Å². The second-order valence-corrected chi connectivity index (χ2v) is 7.66. The average molecular weight is 412 g/mol. The predicted molar refractivity (Wildman–Crippen MR) is 123 cm³/mol. The van der Waals surface area contributed by atoms with Crippen LogP contribution >= 0.6 is 0 Å². The fourth-order valence-corrected chi connectivity index (χ4v) is 3.55. The highest BCUT2D eigenvalue weighted by Gasteiger charge is 2.40. The lowest BCUT2D eigenvalue weighted by Gasteiger charge is -2.17. The van der Waals surface area contributed by atoms with Crippen molar-refractivity contribution in [1.29, 1.82) is 0 Å². The molecule has 3 aromatic rings. The number of anilines is 2. The Labute approximate surface area is 182 Å². The van der Waals surface area contributed by atoms with Crippen LogP contribution in [0.5, 0.6) is 5.75 Å². The van der Waals surface area contributed by atoms with Gasteiger partial charge in [-0.25, -0.2) is 4.90 Å². The zero-order valence-corrected chi connectivity index (χ0v) is 17.8. The summed E-state index contributed by atoms with van der Waals surface area (Å²) >= 11 is 0. The van der Waals surface area contributed by atoms with Gasteiger partial charge in [-0.3, -0.25) is 9.59 Å². The van der Waals surface area contributed by atoms with E-state index in [1.165, 1.54) is 4.90 Å². The molecular formula is C26H24N2O3. The van der Waals surface area contributed by atoms with Gasteiger partial charge < -0.3 is 10.1 Å². The maximum Gasteiger partial charge on any atom is 0.282 e. The minimum atomic E-state index is -0.385. The molecule has 5 heteroatoms. The van der Waals surface area contributed by atoms with Crippen molar-refractivity contribution in [3.63, 3.8) is 0 Å². The molecule has 0 fully saturated rings. The molecule has 0 bridgehead atoms. The standard InChI is InChI=1S/C26H24N2O3/c1-17(2)31-21-15-13-20(14-16-21)28-25(29)23(19-10-5-4-6-11-19)24(26(28)30)27-22-12-8-7-9-18(22)3/h4-17,27H,1-3H3. The monoisotopic (exact) mass is 412 g/mol. The third-order valence-corrected chi connectivity index (χ3v) is 5.02. The summed E-state index contributed by atoms with van der Waals surface area (Å²) in [7, 11) is 0. The quantitative estimate of drug-likeness (QED) is 0.567. The number of ether oxygens (including phenoxy) is 1. The van der Waals surface area contributed by atoms with Crippen molar-refractivity contribution in [2.75, 3.05) is 10.2 Å². The second-order valence-electron chi connectivity index (χ2n) is 7.66. The van der Waals surface area contributed by atoms with Gasteiger partial charge in [0.25, 0.3) is 11.8 Å². The van der Waals surface area contributed by atoms with Gasteiger partial charge in [-0.05, 0) is 62.2 Å². The van der Waals surface area contributed by atoms with Gasteiger partial charge in [0.2, 0.25) is 0 Å². The van der Waals surface area contributed by atoms with Gasteiger partial charge in [-0.2, -0.15) is 0 Å². The Kier molecular flexibility index (Phi) is 5.58. The summed E-state index contributed by atoms with van der Waals surface area (Å²) in [4.78, 5) is 28.1. The van der Waals surface area contributed by atoms with Gasteiger partial charge in [0.05, 0.1) is 17.4 Å². The Morgan fingerprint density at radius 3 is 2.10 bits per heavy atom. The Morgan fingerprint density at radius 1 is 0.806 bits per heavy atom. The highest BCUT2D eigenvalue weighted by atomic mass is 16.5. The second kappa shape index (κ2) is 8.48. The van der Waals surface area contributed by atoms with Crippen LogP contribution in [0, 0.1) is 6.92 Å². The largest absolute Gasteiger partial charge is 0.491 e. The number of imide groups is 1. The lowest BCUT2D eigenvalue weighted by atomic mass is 10.0. The molecule has 1 N–H and O–H groups in total. The summed E-state index contributed by atoms with van der Waals surface area (Å²) in [5, 5.41) is 3.22. The molecule has 1 heterocycles. The van der Waals surface area contributed by atoms with Gasteiger partial charge >= 0.3 is 0 Å². The number of carbonyl (C=O) groups excluding carboxylic acids is 2. The average Bonchev–Trinajstić information content (AvgIpc) is 3.00. The number of para-hydroxylation sites is 1. The molecule has 0 radical (unpaired) electrons. The highest BCUT2D eigenvalue weighted by molar-refractivity contribution is 6.46. The van der Waals surface area contributed by atoms with Gasteiger partial charge in [0.1, 0.15) is 11.4 Å². The van der Waals surface area contributed by atoms with Crippen molar-refractivity contribution in [2.45, 2.75) is 26.9 Å². The molecule has 0 aromatic heterocycles. The Hall–Kier alpha value is -3.86. The predicted octanol–water partition coefficient (Wildman–Crippen LogP) is 5.18. The molecule has 5 nitrogen and oxygen atoms in total. The molecule has 0 aliphatic carbocycles. The molecule has 0 saturated carbocycles. The maximum absolute atomic E-state index is 13.4. The van der Waals surface area contributed by atoms with Crippen LogP contribution in [-0.4, -0.2) is 17.9 Å². The molecule has 4 rings (SSSR count). The summed E-state index contributed by atoms with van der Waals surface area (Å²) in [6.45, 7) is 5.85. The van der Waals surface area contributed by atoms with E-state index in [0.717, 1.165) is 11.3 Å². The number of nitrogens with zero attached hydrogens (tertiary/aromatic N) is 1. The third-order valence-electron chi connectivity index (χ3n) is 5.02. The van der Waals surface area contributed by atoms with Crippen molar-refractivity contribution in [3.05, 3.63) is 95.7 Å². The van der Waals surface area contributed by atoms with Gasteiger partial charge in [-0.1, -0.05) is 48.5 Å². The van der Waals surface area contributed by atoms with Crippen LogP contribution < -0.4 is 15.0 Å². The number of rotatable bonds is 6. The molecule has 0 spiro atoms. The molecule has 3 aromatic carbocycles. The number of hydrogen-bond donors (Lipinski definition) is 1. The zero-order valence-electron chi connectivity index (χ0n) is 17.8. The lowest BCUT2D eigenvalue weighted by Crippen LogP contribution is -2.32. The van der Waals surface area contributed by atoms with E-state index in [0.29, 0.717) is 22.6 Å². The minimum Gasteiger partial charge on any atom is -0.491 e. The number of carbonyl (C=O) groups is 2. The number of aryl methyl sites for hydroxylation is 1. The lowest BCUT2D eigenvalue weighted by molar-refractivity contribution is -0.120. The van der Waals surface area contributed by atoms with Crippen LogP contribution in [-0.2, 0) is 9.59 Å². The molecule has 0 saturated heterocycles. The van der Waals surface area contributed by atoms with E-state index in [-0.39, 0.29) is 23.6 Å². The summed E-state index contributed by atoms with van der Waals surface area (Å²) in [5.41, 5.74) is 3.59. The van der Waals surface area contributed by atoms with Gasteiger partial charge in [-0.15, -0.1) is 0 Å². The molecule has 2 amide bonds. The summed E-state index contributed by atoms with van der Waals surface area (Å²) in [6, 6.07) is 23.9. The topological polar surface area (TPSA) is 58.6 Å². The van der Waals surface area contributed by atoms with E-state index in [9.17, 15) is 9.59 Å². The minimum absolute atomic E-state index is 0.0390. The van der Waals surface area contributed by atoms with Crippen LogP contribution in [0.15, 0.2) is 84.6 Å². The first-order valence-electron chi connectivity index (χ1n) is 10.2. The number of benzene rings is 3. The van der Waals surface area contributed by atoms with Crippen molar-refractivity contribution in [1.82, 2.24) is 0 Å². The fraction of sp³-hybridized carbons (Fsp3) is 0.154. The maximum atomic E-state index is 13.4. The van der Waals surface area contributed by atoms with Crippen molar-refractivity contribution >= 4 is 28.8 Å². The van der Waals surface area contributed by atoms with Gasteiger partial charge in [0.15, 0.2) is 0 Å². The van der Waals surface area contributed by atoms with Crippen LogP contribution in [0.25, 0.3) is 5.57 Å². The van der Waals surface area contributed by atoms with E-state index in [2.05, 4.69) is 5.32 Å². The normalized spacial score (nSPS) is 13.9.